The maximum atomic E-state index is 15.1. The van der Waals surface area contributed by atoms with E-state index in [2.05, 4.69) is 31.2 Å². The van der Waals surface area contributed by atoms with Crippen LogP contribution in [0.1, 0.15) is 47.6 Å². The lowest BCUT2D eigenvalue weighted by Crippen LogP contribution is -1.98. The molecule has 0 amide bonds. The fraction of sp³-hybridized carbons (Fsp3) is 0.267. The van der Waals surface area contributed by atoms with Crippen molar-refractivity contribution in [1.82, 2.24) is 0 Å². The molecule has 4 aromatic rings. The van der Waals surface area contributed by atoms with Crippen molar-refractivity contribution in [3.8, 4) is 0 Å². The molecule has 0 fully saturated rings. The van der Waals surface area contributed by atoms with Crippen molar-refractivity contribution in [1.29, 1.82) is 0 Å². The standard InChI is InChI=1S/C30H28ClF3/c1-2-3-4-20-5-7-21(8-6-20)9-10-22-12-16-26-25(17-22)15-14-24(30(26)34)13-11-23-18-27(32)29(31)28(33)19-23/h5-8,12,14-19H,2-4,9-11,13H2,1H3. The summed E-state index contributed by atoms with van der Waals surface area (Å²) in [6, 6.07) is 20.8. The molecule has 0 atom stereocenters. The third kappa shape index (κ3) is 5.82. The number of benzene rings is 4. The molecule has 0 spiro atoms. The molecule has 0 unspecified atom stereocenters. The van der Waals surface area contributed by atoms with Crippen molar-refractivity contribution >= 4 is 22.4 Å². The molecule has 0 aromatic heterocycles. The highest BCUT2D eigenvalue weighted by Crippen LogP contribution is 2.26. The van der Waals surface area contributed by atoms with Crippen molar-refractivity contribution in [3.05, 3.63) is 117 Å². The molecule has 0 radical (unpaired) electrons. The Labute approximate surface area is 204 Å². The molecule has 0 aliphatic rings. The van der Waals surface area contributed by atoms with Gasteiger partial charge in [-0.3, -0.25) is 0 Å². The molecule has 0 nitrogen and oxygen atoms in total. The van der Waals surface area contributed by atoms with Crippen LogP contribution in [0.25, 0.3) is 10.8 Å². The van der Waals surface area contributed by atoms with Crippen molar-refractivity contribution in [3.63, 3.8) is 0 Å². The van der Waals surface area contributed by atoms with Gasteiger partial charge in [-0.2, -0.15) is 0 Å². The minimum atomic E-state index is -0.796. The maximum Gasteiger partial charge on any atom is 0.145 e. The van der Waals surface area contributed by atoms with Crippen LogP contribution in [0, 0.1) is 17.5 Å². The maximum absolute atomic E-state index is 15.1. The van der Waals surface area contributed by atoms with E-state index in [-0.39, 0.29) is 5.82 Å². The molecular weight excluding hydrogens is 453 g/mol. The number of rotatable bonds is 9. The summed E-state index contributed by atoms with van der Waals surface area (Å²) >= 11 is 5.54. The second-order valence-corrected chi connectivity index (χ2v) is 9.27. The largest absolute Gasteiger partial charge is 0.206 e. The number of aryl methyl sites for hydroxylation is 5. The highest BCUT2D eigenvalue weighted by molar-refractivity contribution is 6.30. The number of hydrogen-bond donors (Lipinski definition) is 0. The summed E-state index contributed by atoms with van der Waals surface area (Å²) < 4.78 is 42.5. The first kappa shape index (κ1) is 24.3. The van der Waals surface area contributed by atoms with E-state index >= 15 is 4.39 Å². The van der Waals surface area contributed by atoms with E-state index in [0.29, 0.717) is 29.4 Å². The van der Waals surface area contributed by atoms with Crippen LogP contribution >= 0.6 is 11.6 Å². The predicted octanol–water partition coefficient (Wildman–Crippen LogP) is 8.82. The van der Waals surface area contributed by atoms with Crippen LogP contribution in [0.15, 0.2) is 66.7 Å². The molecule has 4 rings (SSSR count). The van der Waals surface area contributed by atoms with Crippen LogP contribution in [0.3, 0.4) is 0 Å². The first-order chi connectivity index (χ1) is 16.4. The van der Waals surface area contributed by atoms with Crippen LogP contribution in [0.4, 0.5) is 13.2 Å². The zero-order chi connectivity index (χ0) is 24.1. The summed E-state index contributed by atoms with van der Waals surface area (Å²) in [4.78, 5) is 0. The Morgan fingerprint density at radius 1 is 0.618 bits per heavy atom. The minimum absolute atomic E-state index is 0.276. The topological polar surface area (TPSA) is 0 Å². The van der Waals surface area contributed by atoms with Crippen molar-refractivity contribution in [2.24, 2.45) is 0 Å². The summed E-state index contributed by atoms with van der Waals surface area (Å²) in [7, 11) is 0. The van der Waals surface area contributed by atoms with Gasteiger partial charge in [0.05, 0.1) is 0 Å². The first-order valence-electron chi connectivity index (χ1n) is 11.9. The molecular formula is C30H28ClF3. The lowest BCUT2D eigenvalue weighted by atomic mass is 9.97. The van der Waals surface area contributed by atoms with Gasteiger partial charge in [-0.1, -0.05) is 79.5 Å². The summed E-state index contributed by atoms with van der Waals surface area (Å²) in [6.07, 6.45) is 6.04. The molecule has 0 N–H and O–H groups in total. The van der Waals surface area contributed by atoms with Crippen LogP contribution in [0.2, 0.25) is 5.02 Å². The van der Waals surface area contributed by atoms with Gasteiger partial charge < -0.3 is 0 Å². The van der Waals surface area contributed by atoms with Crippen LogP contribution in [-0.4, -0.2) is 0 Å². The van der Waals surface area contributed by atoms with E-state index in [1.807, 2.05) is 24.3 Å². The zero-order valence-electron chi connectivity index (χ0n) is 19.3. The average molecular weight is 481 g/mol. The van der Waals surface area contributed by atoms with Gasteiger partial charge in [-0.25, -0.2) is 13.2 Å². The predicted molar refractivity (Wildman–Crippen MR) is 135 cm³/mol. The fourth-order valence-electron chi connectivity index (χ4n) is 4.31. The Kier molecular flexibility index (Phi) is 7.95. The third-order valence-corrected chi connectivity index (χ3v) is 6.73. The average Bonchev–Trinajstić information content (AvgIpc) is 2.85. The van der Waals surface area contributed by atoms with E-state index in [1.54, 1.807) is 6.07 Å². The molecule has 4 heteroatoms. The molecule has 0 heterocycles. The lowest BCUT2D eigenvalue weighted by Gasteiger charge is -2.10. The van der Waals surface area contributed by atoms with Gasteiger partial charge in [0.2, 0.25) is 0 Å². The lowest BCUT2D eigenvalue weighted by molar-refractivity contribution is 0.579. The second kappa shape index (κ2) is 11.1. The van der Waals surface area contributed by atoms with Gasteiger partial charge in [0.25, 0.3) is 0 Å². The Hall–Kier alpha value is -2.78. The van der Waals surface area contributed by atoms with Crippen LogP contribution in [0.5, 0.6) is 0 Å². The van der Waals surface area contributed by atoms with E-state index in [9.17, 15) is 8.78 Å². The van der Waals surface area contributed by atoms with E-state index in [0.717, 1.165) is 24.6 Å². The molecule has 0 aliphatic heterocycles. The van der Waals surface area contributed by atoms with Gasteiger partial charge >= 0.3 is 0 Å². The van der Waals surface area contributed by atoms with E-state index in [4.69, 9.17) is 11.6 Å². The summed E-state index contributed by atoms with van der Waals surface area (Å²) in [6.45, 7) is 2.20. The molecule has 176 valence electrons. The molecule has 0 bridgehead atoms. The monoisotopic (exact) mass is 480 g/mol. The number of halogens is 4. The van der Waals surface area contributed by atoms with Gasteiger partial charge in [-0.15, -0.1) is 0 Å². The smallest absolute Gasteiger partial charge is 0.145 e. The Morgan fingerprint density at radius 2 is 1.21 bits per heavy atom. The highest BCUT2D eigenvalue weighted by atomic mass is 35.5. The van der Waals surface area contributed by atoms with Crippen molar-refractivity contribution in [2.45, 2.75) is 51.9 Å². The summed E-state index contributed by atoms with van der Waals surface area (Å²) in [5.41, 5.74) is 4.83. The highest BCUT2D eigenvalue weighted by Gasteiger charge is 2.12. The minimum Gasteiger partial charge on any atom is -0.206 e. The summed E-state index contributed by atoms with van der Waals surface area (Å²) in [5.74, 6) is -1.87. The normalized spacial score (nSPS) is 11.3. The molecule has 34 heavy (non-hydrogen) atoms. The van der Waals surface area contributed by atoms with Gasteiger partial charge in [0, 0.05) is 5.39 Å². The van der Waals surface area contributed by atoms with E-state index < -0.39 is 16.7 Å². The number of fused-ring (bicyclic) bond motifs is 1. The Balaban J connectivity index is 1.42. The zero-order valence-corrected chi connectivity index (χ0v) is 20.1. The molecule has 0 aliphatic carbocycles. The SMILES string of the molecule is CCCCc1ccc(CCc2ccc3c(F)c(CCc4cc(F)c(Cl)c(F)c4)ccc3c2)cc1. The quantitative estimate of drug-likeness (QED) is 0.210. The fourth-order valence-corrected chi connectivity index (χ4v) is 4.42. The Bertz CT molecular complexity index is 1260. The third-order valence-electron chi connectivity index (χ3n) is 6.37. The van der Waals surface area contributed by atoms with Crippen LogP contribution < -0.4 is 0 Å². The Morgan fingerprint density at radius 3 is 1.88 bits per heavy atom. The van der Waals surface area contributed by atoms with Crippen molar-refractivity contribution in [2.75, 3.05) is 0 Å². The van der Waals surface area contributed by atoms with Gasteiger partial charge in [0.1, 0.15) is 22.5 Å². The molecule has 0 saturated heterocycles. The molecule has 4 aromatic carbocycles. The van der Waals surface area contributed by atoms with E-state index in [1.165, 1.54) is 41.7 Å². The summed E-state index contributed by atoms with van der Waals surface area (Å²) in [5, 5.41) is 0.910. The van der Waals surface area contributed by atoms with Gasteiger partial charge in [0.15, 0.2) is 0 Å². The van der Waals surface area contributed by atoms with Gasteiger partial charge in [-0.05, 0) is 83.9 Å². The first-order valence-corrected chi connectivity index (χ1v) is 12.2. The van der Waals surface area contributed by atoms with Crippen molar-refractivity contribution < 1.29 is 13.2 Å². The van der Waals surface area contributed by atoms with Crippen LogP contribution in [-0.2, 0) is 32.1 Å². The second-order valence-electron chi connectivity index (χ2n) is 8.89. The number of hydrogen-bond acceptors (Lipinski definition) is 0. The molecule has 0 saturated carbocycles. The number of unbranched alkanes of at least 4 members (excludes halogenated alkanes) is 1.